The number of H-pyrrole nitrogens is 1. The first-order chi connectivity index (χ1) is 9.20. The Morgan fingerprint density at radius 1 is 1.42 bits per heavy atom. The van der Waals surface area contributed by atoms with Crippen LogP contribution in [-0.4, -0.2) is 32.6 Å². The van der Waals surface area contributed by atoms with E-state index in [9.17, 15) is 4.79 Å². The van der Waals surface area contributed by atoms with Crippen LogP contribution < -0.4 is 0 Å². The lowest BCUT2D eigenvalue weighted by molar-refractivity contribution is 0.0603. The Labute approximate surface area is 112 Å². The van der Waals surface area contributed by atoms with Crippen molar-refractivity contribution >= 4 is 28.5 Å². The molecule has 0 spiro atoms. The van der Waals surface area contributed by atoms with Gasteiger partial charge in [0.15, 0.2) is 5.82 Å². The summed E-state index contributed by atoms with van der Waals surface area (Å²) in [5.41, 5.74) is 2.63. The molecule has 1 N–H and O–H groups in total. The number of aromatic nitrogens is 4. The molecule has 0 aliphatic rings. The molecule has 0 saturated heterocycles. The van der Waals surface area contributed by atoms with Crippen molar-refractivity contribution in [3.63, 3.8) is 0 Å². The van der Waals surface area contributed by atoms with Gasteiger partial charge in [0.2, 0.25) is 0 Å². The SMILES string of the molecule is COC(=O)c1cccc2[nH]c(-c3snnc3C)nc12. The summed E-state index contributed by atoms with van der Waals surface area (Å²) in [6.07, 6.45) is 0. The highest BCUT2D eigenvalue weighted by Crippen LogP contribution is 2.26. The lowest BCUT2D eigenvalue weighted by atomic mass is 10.2. The van der Waals surface area contributed by atoms with Crippen LogP contribution in [0.5, 0.6) is 0 Å². The van der Waals surface area contributed by atoms with Crippen LogP contribution in [0.1, 0.15) is 16.1 Å². The largest absolute Gasteiger partial charge is 0.465 e. The lowest BCUT2D eigenvalue weighted by Crippen LogP contribution is -2.01. The highest BCUT2D eigenvalue weighted by Gasteiger charge is 2.16. The number of methoxy groups -OCH3 is 1. The molecular weight excluding hydrogens is 264 g/mol. The number of hydrogen-bond donors (Lipinski definition) is 1. The average Bonchev–Trinajstić information content (AvgIpc) is 3.02. The molecule has 2 aromatic heterocycles. The standard InChI is InChI=1S/C12H10N4O2S/c1-6-10(19-16-15-6)11-13-8-5-3-4-7(9(8)14-11)12(17)18-2/h3-5H,1-2H3,(H,13,14). The number of aromatic amines is 1. The molecule has 2 heterocycles. The van der Waals surface area contributed by atoms with Crippen molar-refractivity contribution in [2.45, 2.75) is 6.92 Å². The molecule has 0 aliphatic heterocycles. The highest BCUT2D eigenvalue weighted by molar-refractivity contribution is 7.09. The Morgan fingerprint density at radius 2 is 2.26 bits per heavy atom. The second-order valence-corrected chi connectivity index (χ2v) is 4.72. The Hall–Kier alpha value is -2.28. The Kier molecular flexibility index (Phi) is 2.75. The number of carbonyl (C=O) groups is 1. The molecule has 0 saturated carbocycles. The Morgan fingerprint density at radius 3 is 2.95 bits per heavy atom. The zero-order chi connectivity index (χ0) is 13.4. The van der Waals surface area contributed by atoms with Gasteiger partial charge in [0, 0.05) is 0 Å². The first kappa shape index (κ1) is 11.8. The zero-order valence-corrected chi connectivity index (χ0v) is 11.1. The summed E-state index contributed by atoms with van der Waals surface area (Å²) in [4.78, 5) is 20.2. The van der Waals surface area contributed by atoms with E-state index < -0.39 is 5.97 Å². The van der Waals surface area contributed by atoms with Gasteiger partial charge in [-0.2, -0.15) is 0 Å². The van der Waals surface area contributed by atoms with Crippen LogP contribution in [0.4, 0.5) is 0 Å². The molecule has 3 rings (SSSR count). The maximum absolute atomic E-state index is 11.7. The van der Waals surface area contributed by atoms with Gasteiger partial charge in [0.05, 0.1) is 23.9 Å². The molecule has 1 aromatic carbocycles. The van der Waals surface area contributed by atoms with E-state index >= 15 is 0 Å². The molecule has 0 radical (unpaired) electrons. The predicted molar refractivity (Wildman–Crippen MR) is 71.1 cm³/mol. The number of esters is 1. The van der Waals surface area contributed by atoms with Crippen molar-refractivity contribution < 1.29 is 9.53 Å². The van der Waals surface area contributed by atoms with E-state index in [0.29, 0.717) is 16.9 Å². The van der Waals surface area contributed by atoms with E-state index in [0.717, 1.165) is 16.1 Å². The molecule has 0 atom stereocenters. The Balaban J connectivity index is 2.21. The quantitative estimate of drug-likeness (QED) is 0.724. The third-order valence-corrected chi connectivity index (χ3v) is 3.62. The van der Waals surface area contributed by atoms with Crippen molar-refractivity contribution in [2.24, 2.45) is 0 Å². The van der Waals surface area contributed by atoms with E-state index in [1.165, 1.54) is 18.6 Å². The third kappa shape index (κ3) is 1.88. The second kappa shape index (κ2) is 4.43. The summed E-state index contributed by atoms with van der Waals surface area (Å²) in [5, 5.41) is 3.95. The zero-order valence-electron chi connectivity index (χ0n) is 10.3. The number of hydrogen-bond acceptors (Lipinski definition) is 6. The molecule has 7 heteroatoms. The van der Waals surface area contributed by atoms with Gasteiger partial charge in [-0.1, -0.05) is 10.6 Å². The number of ether oxygens (including phenoxy) is 1. The topological polar surface area (TPSA) is 80.8 Å². The van der Waals surface area contributed by atoms with E-state index in [-0.39, 0.29) is 0 Å². The molecular formula is C12H10N4O2S. The number of benzene rings is 1. The van der Waals surface area contributed by atoms with Crippen molar-refractivity contribution in [2.75, 3.05) is 7.11 Å². The summed E-state index contributed by atoms with van der Waals surface area (Å²) < 4.78 is 8.64. The van der Waals surface area contributed by atoms with Gasteiger partial charge in [-0.15, -0.1) is 5.10 Å². The third-order valence-electron chi connectivity index (χ3n) is 2.78. The number of para-hydroxylation sites is 1. The Bertz CT molecular complexity index is 762. The molecule has 19 heavy (non-hydrogen) atoms. The summed E-state index contributed by atoms with van der Waals surface area (Å²) in [6.45, 7) is 1.87. The van der Waals surface area contributed by atoms with E-state index in [1.807, 2.05) is 13.0 Å². The van der Waals surface area contributed by atoms with Gasteiger partial charge in [-0.25, -0.2) is 9.78 Å². The number of nitrogens with zero attached hydrogens (tertiary/aromatic N) is 3. The van der Waals surface area contributed by atoms with Crippen LogP contribution in [0, 0.1) is 6.92 Å². The normalized spacial score (nSPS) is 10.8. The number of rotatable bonds is 2. The van der Waals surface area contributed by atoms with Crippen LogP contribution in [-0.2, 0) is 4.74 Å². The van der Waals surface area contributed by atoms with Crippen molar-refractivity contribution in [1.29, 1.82) is 0 Å². The maximum Gasteiger partial charge on any atom is 0.340 e. The molecule has 0 aliphatic carbocycles. The van der Waals surface area contributed by atoms with Gasteiger partial charge in [0.25, 0.3) is 0 Å². The van der Waals surface area contributed by atoms with Crippen molar-refractivity contribution in [3.05, 3.63) is 29.5 Å². The molecule has 96 valence electrons. The monoisotopic (exact) mass is 274 g/mol. The van der Waals surface area contributed by atoms with Crippen LogP contribution in [0.25, 0.3) is 21.7 Å². The fraction of sp³-hybridized carbons (Fsp3) is 0.167. The van der Waals surface area contributed by atoms with Gasteiger partial charge in [-0.05, 0) is 30.6 Å². The minimum Gasteiger partial charge on any atom is -0.465 e. The summed E-state index contributed by atoms with van der Waals surface area (Å²) >= 11 is 1.27. The summed E-state index contributed by atoms with van der Waals surface area (Å²) in [7, 11) is 1.35. The smallest absolute Gasteiger partial charge is 0.340 e. The lowest BCUT2D eigenvalue weighted by Gasteiger charge is -1.98. The van der Waals surface area contributed by atoms with Gasteiger partial charge in [-0.3, -0.25) is 0 Å². The fourth-order valence-electron chi connectivity index (χ4n) is 1.86. The fourth-order valence-corrected chi connectivity index (χ4v) is 2.46. The average molecular weight is 274 g/mol. The minimum absolute atomic E-state index is 0.400. The number of nitrogens with one attached hydrogen (secondary N) is 1. The van der Waals surface area contributed by atoms with E-state index in [4.69, 9.17) is 4.74 Å². The predicted octanol–water partition coefficient (Wildman–Crippen LogP) is 2.18. The molecule has 0 unspecified atom stereocenters. The van der Waals surface area contributed by atoms with Crippen LogP contribution in [0.15, 0.2) is 18.2 Å². The molecule has 3 aromatic rings. The first-order valence-electron chi connectivity index (χ1n) is 5.57. The van der Waals surface area contributed by atoms with E-state index in [2.05, 4.69) is 19.6 Å². The van der Waals surface area contributed by atoms with Gasteiger partial charge >= 0.3 is 5.97 Å². The first-order valence-corrected chi connectivity index (χ1v) is 6.34. The molecule has 6 nitrogen and oxygen atoms in total. The number of carbonyl (C=O) groups excluding carboxylic acids is 1. The van der Waals surface area contributed by atoms with Crippen LogP contribution in [0.3, 0.4) is 0 Å². The van der Waals surface area contributed by atoms with Crippen molar-refractivity contribution in [1.82, 2.24) is 19.6 Å². The summed E-state index contributed by atoms with van der Waals surface area (Å²) in [6, 6.07) is 5.34. The van der Waals surface area contributed by atoms with E-state index in [1.54, 1.807) is 12.1 Å². The second-order valence-electron chi connectivity index (χ2n) is 3.97. The van der Waals surface area contributed by atoms with Crippen molar-refractivity contribution in [3.8, 4) is 10.7 Å². The van der Waals surface area contributed by atoms with Crippen LogP contribution in [0.2, 0.25) is 0 Å². The van der Waals surface area contributed by atoms with Crippen LogP contribution >= 0.6 is 11.5 Å². The number of aryl methyl sites for hydroxylation is 1. The summed E-state index contributed by atoms with van der Waals surface area (Å²) in [5.74, 6) is 0.265. The molecule has 0 amide bonds. The molecule has 0 bridgehead atoms. The number of fused-ring (bicyclic) bond motifs is 1. The maximum atomic E-state index is 11.7. The molecule has 0 fully saturated rings. The highest BCUT2D eigenvalue weighted by atomic mass is 32.1. The minimum atomic E-state index is -0.400. The number of imidazole rings is 1. The van der Waals surface area contributed by atoms with Gasteiger partial charge < -0.3 is 9.72 Å². The van der Waals surface area contributed by atoms with Gasteiger partial charge in [0.1, 0.15) is 10.4 Å².